The molecule has 34 heavy (non-hydrogen) atoms. The van der Waals surface area contributed by atoms with Crippen molar-refractivity contribution >= 4 is 23.9 Å². The van der Waals surface area contributed by atoms with E-state index in [1.807, 2.05) is 78.9 Å². The Morgan fingerprint density at radius 3 is 1.76 bits per heavy atom. The van der Waals surface area contributed by atoms with E-state index in [2.05, 4.69) is 5.32 Å². The molecular weight excluding hydrogens is 428 g/mol. The van der Waals surface area contributed by atoms with Crippen LogP contribution in [0.15, 0.2) is 96.7 Å². The van der Waals surface area contributed by atoms with Crippen molar-refractivity contribution in [2.24, 2.45) is 0 Å². The van der Waals surface area contributed by atoms with Gasteiger partial charge in [0.2, 0.25) is 5.91 Å². The largest absolute Gasteiger partial charge is 0.448 e. The Bertz CT molecular complexity index is 1090. The van der Waals surface area contributed by atoms with Crippen molar-refractivity contribution in [3.8, 4) is 0 Å². The van der Waals surface area contributed by atoms with Gasteiger partial charge in [-0.1, -0.05) is 91.0 Å². The van der Waals surface area contributed by atoms with Crippen LogP contribution in [0.3, 0.4) is 0 Å². The predicted octanol–water partition coefficient (Wildman–Crippen LogP) is 4.32. The van der Waals surface area contributed by atoms with E-state index < -0.39 is 18.0 Å². The molecule has 0 aliphatic carbocycles. The molecular formula is C28H28N2O4. The topological polar surface area (TPSA) is 75.7 Å². The van der Waals surface area contributed by atoms with Crippen LogP contribution in [0.1, 0.15) is 30.5 Å². The lowest BCUT2D eigenvalue weighted by Gasteiger charge is -2.26. The summed E-state index contributed by atoms with van der Waals surface area (Å²) in [6.45, 7) is 3.59. The first-order valence-corrected chi connectivity index (χ1v) is 11.0. The summed E-state index contributed by atoms with van der Waals surface area (Å²) >= 11 is 0. The minimum Gasteiger partial charge on any atom is -0.448 e. The van der Waals surface area contributed by atoms with Gasteiger partial charge in [-0.2, -0.15) is 0 Å². The van der Waals surface area contributed by atoms with E-state index in [-0.39, 0.29) is 11.6 Å². The van der Waals surface area contributed by atoms with Crippen LogP contribution in [-0.4, -0.2) is 28.8 Å². The summed E-state index contributed by atoms with van der Waals surface area (Å²) in [5.41, 5.74) is 2.62. The Hall–Kier alpha value is -4.19. The van der Waals surface area contributed by atoms with Crippen LogP contribution in [0.4, 0.5) is 0 Å². The molecule has 1 N–H and O–H groups in total. The van der Waals surface area contributed by atoms with Crippen molar-refractivity contribution in [2.45, 2.75) is 33.0 Å². The number of rotatable bonds is 9. The molecule has 0 heterocycles. The number of benzene rings is 3. The van der Waals surface area contributed by atoms with E-state index >= 15 is 0 Å². The van der Waals surface area contributed by atoms with E-state index in [0.717, 1.165) is 16.7 Å². The average molecular weight is 457 g/mol. The summed E-state index contributed by atoms with van der Waals surface area (Å²) in [6.07, 6.45) is 0.472. The summed E-state index contributed by atoms with van der Waals surface area (Å²) in [5.74, 6) is -1.52. The van der Waals surface area contributed by atoms with Crippen molar-refractivity contribution in [1.29, 1.82) is 0 Å². The lowest BCUT2D eigenvalue weighted by atomic mass is 10.1. The molecule has 3 rings (SSSR count). The second-order valence-corrected chi connectivity index (χ2v) is 7.86. The van der Waals surface area contributed by atoms with Crippen molar-refractivity contribution in [2.75, 3.05) is 0 Å². The first-order valence-electron chi connectivity index (χ1n) is 11.0. The van der Waals surface area contributed by atoms with Gasteiger partial charge in [-0.05, 0) is 29.7 Å². The van der Waals surface area contributed by atoms with Crippen molar-refractivity contribution in [1.82, 2.24) is 10.2 Å². The highest BCUT2D eigenvalue weighted by Gasteiger charge is 2.26. The second-order valence-electron chi connectivity index (χ2n) is 7.86. The van der Waals surface area contributed by atoms with Crippen molar-refractivity contribution in [3.63, 3.8) is 0 Å². The lowest BCUT2D eigenvalue weighted by molar-refractivity contribution is -0.157. The maximum absolute atomic E-state index is 13.3. The first-order chi connectivity index (χ1) is 16.4. The van der Waals surface area contributed by atoms with E-state index in [1.165, 1.54) is 19.9 Å². The van der Waals surface area contributed by atoms with Crippen LogP contribution in [0.2, 0.25) is 0 Å². The highest BCUT2D eigenvalue weighted by molar-refractivity contribution is 5.98. The number of amides is 2. The van der Waals surface area contributed by atoms with Gasteiger partial charge in [0, 0.05) is 20.0 Å². The minimum atomic E-state index is -1.05. The normalized spacial score (nSPS) is 11.9. The molecule has 0 saturated carbocycles. The Balaban J connectivity index is 1.77. The molecule has 0 fully saturated rings. The third kappa shape index (κ3) is 7.45. The van der Waals surface area contributed by atoms with E-state index in [9.17, 15) is 14.4 Å². The van der Waals surface area contributed by atoms with E-state index in [4.69, 9.17) is 4.74 Å². The van der Waals surface area contributed by atoms with Gasteiger partial charge in [-0.25, -0.2) is 4.79 Å². The number of ether oxygens (including phenoxy) is 1. The van der Waals surface area contributed by atoms with Gasteiger partial charge in [0.1, 0.15) is 5.70 Å². The van der Waals surface area contributed by atoms with Crippen molar-refractivity contribution < 1.29 is 19.1 Å². The molecule has 6 heteroatoms. The number of hydrogen-bond donors (Lipinski definition) is 1. The number of nitrogens with zero attached hydrogens (tertiary/aromatic N) is 1. The molecule has 2 amide bonds. The van der Waals surface area contributed by atoms with Gasteiger partial charge in [0.05, 0.1) is 0 Å². The second kappa shape index (κ2) is 12.2. The van der Waals surface area contributed by atoms with Crippen LogP contribution in [0.5, 0.6) is 0 Å². The highest BCUT2D eigenvalue weighted by Crippen LogP contribution is 2.14. The zero-order valence-electron chi connectivity index (χ0n) is 19.3. The van der Waals surface area contributed by atoms with Gasteiger partial charge in [-0.3, -0.25) is 9.59 Å². The van der Waals surface area contributed by atoms with Crippen LogP contribution >= 0.6 is 0 Å². The Morgan fingerprint density at radius 1 is 0.824 bits per heavy atom. The SMILES string of the molecule is CC(=O)N/C(=C\c1ccccc1)C(=O)OC(C)C(=O)N(Cc1ccccc1)Cc1ccccc1. The summed E-state index contributed by atoms with van der Waals surface area (Å²) in [4.78, 5) is 39.5. The molecule has 174 valence electrons. The molecule has 0 saturated heterocycles. The molecule has 1 unspecified atom stereocenters. The Labute approximate surface area is 199 Å². The number of carbonyl (C=O) groups excluding carboxylic acids is 3. The predicted molar refractivity (Wildman–Crippen MR) is 131 cm³/mol. The molecule has 1 atom stereocenters. The first kappa shape index (κ1) is 24.5. The number of nitrogens with one attached hydrogen (secondary N) is 1. The van der Waals surface area contributed by atoms with Crippen LogP contribution in [-0.2, 0) is 32.2 Å². The fourth-order valence-electron chi connectivity index (χ4n) is 3.40. The van der Waals surface area contributed by atoms with E-state index in [1.54, 1.807) is 17.0 Å². The molecule has 6 nitrogen and oxygen atoms in total. The fraction of sp³-hybridized carbons (Fsp3) is 0.179. The third-order valence-corrected chi connectivity index (χ3v) is 5.02. The van der Waals surface area contributed by atoms with Crippen LogP contribution in [0, 0.1) is 0 Å². The molecule has 0 aromatic heterocycles. The summed E-state index contributed by atoms with van der Waals surface area (Å²) < 4.78 is 5.49. The quantitative estimate of drug-likeness (QED) is 0.384. The summed E-state index contributed by atoms with van der Waals surface area (Å²) in [5, 5.41) is 2.50. The molecule has 0 aliphatic heterocycles. The zero-order chi connectivity index (χ0) is 24.3. The number of esters is 1. The van der Waals surface area contributed by atoms with Gasteiger partial charge < -0.3 is 15.0 Å². The Morgan fingerprint density at radius 2 is 1.29 bits per heavy atom. The molecule has 3 aromatic carbocycles. The molecule has 0 spiro atoms. The fourth-order valence-corrected chi connectivity index (χ4v) is 3.40. The zero-order valence-corrected chi connectivity index (χ0v) is 19.3. The molecule has 0 radical (unpaired) electrons. The van der Waals surface area contributed by atoms with Crippen LogP contribution < -0.4 is 5.32 Å². The van der Waals surface area contributed by atoms with Crippen molar-refractivity contribution in [3.05, 3.63) is 113 Å². The third-order valence-electron chi connectivity index (χ3n) is 5.02. The smallest absolute Gasteiger partial charge is 0.355 e. The number of carbonyl (C=O) groups is 3. The summed E-state index contributed by atoms with van der Waals surface area (Å²) in [7, 11) is 0. The van der Waals surface area contributed by atoms with E-state index in [0.29, 0.717) is 13.1 Å². The van der Waals surface area contributed by atoms with Gasteiger partial charge >= 0.3 is 5.97 Å². The highest BCUT2D eigenvalue weighted by atomic mass is 16.5. The standard InChI is InChI=1S/C28H28N2O4/c1-21(34-28(33)26(29-22(2)31)18-23-12-6-3-7-13-23)27(32)30(19-24-14-8-4-9-15-24)20-25-16-10-5-11-17-25/h3-18,21H,19-20H2,1-2H3,(H,29,31)/b26-18-. The van der Waals surface area contributed by atoms with Gasteiger partial charge in [-0.15, -0.1) is 0 Å². The summed E-state index contributed by atoms with van der Waals surface area (Å²) in [6, 6.07) is 28.3. The molecule has 0 aliphatic rings. The molecule has 0 bridgehead atoms. The monoisotopic (exact) mass is 456 g/mol. The Kier molecular flexibility index (Phi) is 8.74. The van der Waals surface area contributed by atoms with Gasteiger partial charge in [0.25, 0.3) is 5.91 Å². The molecule has 3 aromatic rings. The average Bonchev–Trinajstić information content (AvgIpc) is 2.84. The van der Waals surface area contributed by atoms with Gasteiger partial charge in [0.15, 0.2) is 6.10 Å². The maximum atomic E-state index is 13.3. The lowest BCUT2D eigenvalue weighted by Crippen LogP contribution is -2.40. The maximum Gasteiger partial charge on any atom is 0.355 e. The van der Waals surface area contributed by atoms with Crippen LogP contribution in [0.25, 0.3) is 6.08 Å². The minimum absolute atomic E-state index is 0.0315. The number of hydrogen-bond acceptors (Lipinski definition) is 4.